The fourth-order valence-electron chi connectivity index (χ4n) is 4.20. The summed E-state index contributed by atoms with van der Waals surface area (Å²) in [5.41, 5.74) is 0.642. The van der Waals surface area contributed by atoms with E-state index in [1.54, 1.807) is 0 Å². The molecule has 1 unspecified atom stereocenters. The second kappa shape index (κ2) is 21.5. The van der Waals surface area contributed by atoms with Gasteiger partial charge in [-0.3, -0.25) is 9.59 Å². The van der Waals surface area contributed by atoms with E-state index >= 15 is 0 Å². The Kier molecular flexibility index (Phi) is 20.9. The molecule has 274 valence electrons. The molecule has 3 aliphatic rings. The second-order valence-electron chi connectivity index (χ2n) is 10.4. The molecule has 10 atom stereocenters. The minimum atomic E-state index is -2.22. The summed E-state index contributed by atoms with van der Waals surface area (Å²) < 4.78 is 21.5. The third-order valence-corrected chi connectivity index (χ3v) is 10.3. The van der Waals surface area contributed by atoms with Gasteiger partial charge in [0.1, 0.15) is 49.3 Å². The molecule has 0 radical (unpaired) electrons. The fraction of sp³-hybridized carbons (Fsp3) is 0.654. The standard InChI is InChI=1S/C12H22O11.C11H9I3N2O4.C3H5ClO.Na/c13-1-4-6(16)8(18)9(19)11(21-4)23-12(3-15)10(20)7(17)5(2-14)22-12;1-3(17)15-9-6(12)5(11(19)20)7(13)10(8(9)14)16-4(2)18;4-1-3-2-5-3;/h4-11,13-20H,1-3H2;1-2H3,(H,15,17)(H,16,18)(H,19,20);3H,1-2H2;/q;;;+1/p-1/t4-,5-,6-,7-,8+,9-,10+,11-,12+;;;/m1.../s1. The third kappa shape index (κ3) is 12.3. The van der Waals surface area contributed by atoms with Crippen LogP contribution in [0.1, 0.15) is 24.2 Å². The summed E-state index contributed by atoms with van der Waals surface area (Å²) in [5, 5.41) is 93.1. The Hall–Kier alpha value is 0.630. The van der Waals surface area contributed by atoms with Crippen LogP contribution in [0.2, 0.25) is 0 Å². The Balaban J connectivity index is 0.000000423. The molecule has 0 spiro atoms. The number of benzene rings is 1. The molecule has 2 amide bonds. The number of ether oxygens (including phenoxy) is 4. The van der Waals surface area contributed by atoms with Gasteiger partial charge in [-0.2, -0.15) is 0 Å². The zero-order valence-electron chi connectivity index (χ0n) is 26.1. The number of carbonyl (C=O) groups excluding carboxylic acids is 3. The molecule has 49 heavy (non-hydrogen) atoms. The van der Waals surface area contributed by atoms with E-state index in [1.807, 2.05) is 67.8 Å². The first-order valence-corrected chi connectivity index (χ1v) is 17.6. The van der Waals surface area contributed by atoms with Crippen LogP contribution in [-0.4, -0.2) is 152 Å². The molecule has 3 saturated heterocycles. The predicted molar refractivity (Wildman–Crippen MR) is 187 cm³/mol. The molecule has 0 saturated carbocycles. The van der Waals surface area contributed by atoms with Crippen molar-refractivity contribution in [3.63, 3.8) is 0 Å². The third-order valence-electron chi connectivity index (χ3n) is 6.77. The van der Waals surface area contributed by atoms with Gasteiger partial charge in [0.25, 0.3) is 0 Å². The molecular formula is C26H35ClI3N2NaO16. The van der Waals surface area contributed by atoms with Gasteiger partial charge in [-0.1, -0.05) is 0 Å². The number of aliphatic hydroxyl groups excluding tert-OH is 8. The largest absolute Gasteiger partial charge is 1.00 e. The Morgan fingerprint density at radius 1 is 0.878 bits per heavy atom. The number of carboxylic acid groups (broad SMARTS) is 1. The van der Waals surface area contributed by atoms with Crippen molar-refractivity contribution in [2.45, 2.75) is 74.8 Å². The molecule has 10 N–H and O–H groups in total. The maximum absolute atomic E-state index is 11.3. The average molecular weight is 1070 g/mol. The number of aromatic carboxylic acids is 1. The normalized spacial score (nSPS) is 31.6. The maximum atomic E-state index is 11.3. The van der Waals surface area contributed by atoms with E-state index in [-0.39, 0.29) is 46.9 Å². The van der Waals surface area contributed by atoms with Gasteiger partial charge in [0, 0.05) is 26.6 Å². The molecule has 4 rings (SSSR count). The van der Waals surface area contributed by atoms with E-state index in [1.165, 1.54) is 13.8 Å². The molecule has 1 aromatic carbocycles. The number of anilines is 2. The Labute approximate surface area is 347 Å². The Morgan fingerprint density at radius 3 is 1.69 bits per heavy atom. The summed E-state index contributed by atoms with van der Waals surface area (Å²) in [6, 6.07) is 0. The first-order chi connectivity index (χ1) is 22.4. The molecule has 0 bridgehead atoms. The van der Waals surface area contributed by atoms with Crippen molar-refractivity contribution in [1.29, 1.82) is 0 Å². The van der Waals surface area contributed by atoms with Crippen LogP contribution in [0.5, 0.6) is 0 Å². The van der Waals surface area contributed by atoms with Crippen molar-refractivity contribution >= 4 is 109 Å². The number of epoxide rings is 1. The van der Waals surface area contributed by atoms with Gasteiger partial charge in [-0.25, -0.2) is 0 Å². The van der Waals surface area contributed by atoms with E-state index < -0.39 is 80.6 Å². The second-order valence-corrected chi connectivity index (χ2v) is 13.9. The summed E-state index contributed by atoms with van der Waals surface area (Å²) in [7, 11) is 0. The SMILES string of the molecule is CC(=O)Nc1c(I)c(NC(C)=O)c(I)c(C(=O)[O-])c1I.ClCC1CO1.OC[C@H]1O[C@@](CO)(O[C@H]2O[C@H](CO)[C@@H](O)[C@H](O)[C@H]2O)[C@@H](O)[C@@H]1O.[Na+]. The average Bonchev–Trinajstić information content (AvgIpc) is 3.84. The van der Waals surface area contributed by atoms with E-state index in [0.29, 0.717) is 34.1 Å². The van der Waals surface area contributed by atoms with E-state index in [0.717, 1.165) is 6.61 Å². The minimum Gasteiger partial charge on any atom is -0.545 e. The van der Waals surface area contributed by atoms with Crippen molar-refractivity contribution < 1.29 is 109 Å². The molecule has 3 heterocycles. The maximum Gasteiger partial charge on any atom is 1.00 e. The number of carboxylic acids is 1. The summed E-state index contributed by atoms with van der Waals surface area (Å²) in [6.07, 6.45) is -12.3. The number of amides is 2. The van der Waals surface area contributed by atoms with Crippen LogP contribution in [0, 0.1) is 10.7 Å². The summed E-state index contributed by atoms with van der Waals surface area (Å²) in [4.78, 5) is 33.8. The smallest absolute Gasteiger partial charge is 0.545 e. The van der Waals surface area contributed by atoms with Crippen LogP contribution < -0.4 is 45.3 Å². The summed E-state index contributed by atoms with van der Waals surface area (Å²) in [6.45, 7) is 1.20. The van der Waals surface area contributed by atoms with Crippen molar-refractivity contribution in [3.05, 3.63) is 16.3 Å². The summed E-state index contributed by atoms with van der Waals surface area (Å²) >= 11 is 10.9. The zero-order valence-corrected chi connectivity index (χ0v) is 35.3. The van der Waals surface area contributed by atoms with E-state index in [9.17, 15) is 50.1 Å². The topological polar surface area (TPSA) is 300 Å². The van der Waals surface area contributed by atoms with Crippen molar-refractivity contribution in [2.24, 2.45) is 0 Å². The summed E-state index contributed by atoms with van der Waals surface area (Å²) in [5.74, 6) is -3.59. The van der Waals surface area contributed by atoms with Gasteiger partial charge < -0.3 is 80.3 Å². The van der Waals surface area contributed by atoms with Gasteiger partial charge >= 0.3 is 29.6 Å². The molecule has 0 aromatic heterocycles. The number of hydrogen-bond donors (Lipinski definition) is 10. The number of rotatable bonds is 9. The molecule has 3 fully saturated rings. The molecule has 23 heteroatoms. The monoisotopic (exact) mass is 1070 g/mol. The Bertz CT molecular complexity index is 1260. The zero-order chi connectivity index (χ0) is 36.7. The number of nitrogens with one attached hydrogen (secondary N) is 2. The van der Waals surface area contributed by atoms with Crippen LogP contribution in [0.25, 0.3) is 0 Å². The van der Waals surface area contributed by atoms with Crippen molar-refractivity contribution in [1.82, 2.24) is 0 Å². The van der Waals surface area contributed by atoms with Gasteiger partial charge in [-0.05, 0) is 67.8 Å². The number of alkyl halides is 1. The number of aliphatic hydroxyl groups is 8. The molecule has 3 aliphatic heterocycles. The van der Waals surface area contributed by atoms with Gasteiger partial charge in [0.15, 0.2) is 6.29 Å². The van der Waals surface area contributed by atoms with Crippen molar-refractivity contribution in [3.8, 4) is 0 Å². The van der Waals surface area contributed by atoms with Gasteiger partial charge in [0.05, 0.1) is 52.7 Å². The van der Waals surface area contributed by atoms with Crippen molar-refractivity contribution in [2.75, 3.05) is 42.9 Å². The first kappa shape index (κ1) is 47.7. The van der Waals surface area contributed by atoms with Crippen LogP contribution in [0.15, 0.2) is 0 Å². The Morgan fingerprint density at radius 2 is 1.37 bits per heavy atom. The van der Waals surface area contributed by atoms with Crippen LogP contribution in [0.4, 0.5) is 11.4 Å². The first-order valence-electron chi connectivity index (χ1n) is 13.8. The van der Waals surface area contributed by atoms with Gasteiger partial charge in [-0.15, -0.1) is 11.6 Å². The number of halogens is 4. The minimum absolute atomic E-state index is 0. The molecular weight excluding hydrogens is 1040 g/mol. The quantitative estimate of drug-likeness (QED) is 0.0477. The number of hydrogen-bond acceptors (Lipinski definition) is 16. The fourth-order valence-corrected chi connectivity index (χ4v) is 8.53. The predicted octanol–water partition coefficient (Wildman–Crippen LogP) is -5.99. The van der Waals surface area contributed by atoms with Crippen LogP contribution >= 0.6 is 79.4 Å². The van der Waals surface area contributed by atoms with E-state index in [2.05, 4.69) is 10.6 Å². The van der Waals surface area contributed by atoms with Crippen LogP contribution in [-0.2, 0) is 28.5 Å². The van der Waals surface area contributed by atoms with E-state index in [4.69, 9.17) is 40.8 Å². The molecule has 18 nitrogen and oxygen atoms in total. The molecule has 1 aromatic rings. The number of carbonyl (C=O) groups is 3. The molecule has 0 aliphatic carbocycles. The van der Waals surface area contributed by atoms with Crippen LogP contribution in [0.3, 0.4) is 0 Å². The van der Waals surface area contributed by atoms with Gasteiger partial charge in [0.2, 0.25) is 17.6 Å².